The van der Waals surface area contributed by atoms with Crippen LogP contribution in [0.3, 0.4) is 0 Å². The van der Waals surface area contributed by atoms with Crippen LogP contribution in [0.1, 0.15) is 102 Å². The third kappa shape index (κ3) is 22.7. The first-order valence-electron chi connectivity index (χ1n) is 13.4. The first kappa shape index (κ1) is 37.0. The molecule has 1 aromatic rings. The van der Waals surface area contributed by atoms with Crippen molar-refractivity contribution in [3.05, 3.63) is 23.8 Å². The van der Waals surface area contributed by atoms with Gasteiger partial charge in [0.1, 0.15) is 0 Å². The number of ether oxygens (including phenoxy) is 3. The van der Waals surface area contributed by atoms with E-state index in [1.165, 1.54) is 69.6 Å². The summed E-state index contributed by atoms with van der Waals surface area (Å²) in [5, 5.41) is 35.2. The number of esters is 1. The zero-order valence-electron chi connectivity index (χ0n) is 23.2. The van der Waals surface area contributed by atoms with Gasteiger partial charge in [-0.05, 0) is 39.3 Å². The number of aliphatic hydroxyl groups excluding tert-OH is 2. The van der Waals surface area contributed by atoms with E-state index in [2.05, 4.69) is 6.92 Å². The van der Waals surface area contributed by atoms with Crippen molar-refractivity contribution < 1.29 is 44.2 Å². The van der Waals surface area contributed by atoms with Crippen molar-refractivity contribution in [2.45, 2.75) is 104 Å². The summed E-state index contributed by atoms with van der Waals surface area (Å²) in [4.78, 5) is 21.1. The number of carbonyl (C=O) groups is 2. The van der Waals surface area contributed by atoms with E-state index in [1.54, 1.807) is 0 Å². The van der Waals surface area contributed by atoms with Crippen LogP contribution in [0.15, 0.2) is 18.2 Å². The lowest BCUT2D eigenvalue weighted by Gasteiger charge is -2.09. The van der Waals surface area contributed by atoms with Crippen molar-refractivity contribution in [2.75, 3.05) is 26.4 Å². The Hall–Kier alpha value is -2.20. The molecule has 0 fully saturated rings. The van der Waals surface area contributed by atoms with Crippen LogP contribution in [0.5, 0.6) is 11.5 Å². The number of rotatable bonds is 18. The molecule has 0 aliphatic carbocycles. The molecular formula is C28H50O9. The number of phenols is 2. The lowest BCUT2D eigenvalue weighted by Crippen LogP contribution is -2.26. The molecule has 1 rings (SSSR count). The van der Waals surface area contributed by atoms with Gasteiger partial charge < -0.3 is 34.6 Å². The minimum atomic E-state index is -1.39. The van der Waals surface area contributed by atoms with Gasteiger partial charge in [-0.15, -0.1) is 0 Å². The van der Waals surface area contributed by atoms with Crippen LogP contribution in [-0.2, 0) is 19.0 Å². The Bertz CT molecular complexity index is 661. The van der Waals surface area contributed by atoms with E-state index < -0.39 is 18.7 Å². The SMILES string of the molecule is CCCCCCCCCCCCOC(=O)C(O)CO.CCOC(C)OCC.O=Cc1cccc(O)c1O. The van der Waals surface area contributed by atoms with Crippen LogP contribution in [0.25, 0.3) is 0 Å². The van der Waals surface area contributed by atoms with Crippen LogP contribution in [0.4, 0.5) is 0 Å². The molecule has 1 atom stereocenters. The van der Waals surface area contributed by atoms with Crippen LogP contribution in [0.2, 0.25) is 0 Å². The first-order valence-corrected chi connectivity index (χ1v) is 13.4. The van der Waals surface area contributed by atoms with Crippen LogP contribution >= 0.6 is 0 Å². The molecule has 0 saturated carbocycles. The lowest BCUT2D eigenvalue weighted by atomic mass is 10.1. The highest BCUT2D eigenvalue weighted by Gasteiger charge is 2.14. The molecule has 0 saturated heterocycles. The smallest absolute Gasteiger partial charge is 0.337 e. The van der Waals surface area contributed by atoms with Crippen LogP contribution < -0.4 is 0 Å². The van der Waals surface area contributed by atoms with E-state index in [4.69, 9.17) is 34.6 Å². The highest BCUT2D eigenvalue weighted by molar-refractivity contribution is 5.80. The molecular weight excluding hydrogens is 480 g/mol. The Labute approximate surface area is 222 Å². The second-order valence-corrected chi connectivity index (χ2v) is 8.36. The summed E-state index contributed by atoms with van der Waals surface area (Å²) in [5.74, 6) is -1.36. The van der Waals surface area contributed by atoms with E-state index in [0.29, 0.717) is 12.9 Å². The van der Waals surface area contributed by atoms with Crippen molar-refractivity contribution in [1.82, 2.24) is 0 Å². The van der Waals surface area contributed by atoms with Gasteiger partial charge in [0.25, 0.3) is 0 Å². The lowest BCUT2D eigenvalue weighted by molar-refractivity contribution is -0.155. The summed E-state index contributed by atoms with van der Waals surface area (Å²) in [6, 6.07) is 4.21. The number of aromatic hydroxyl groups is 2. The fourth-order valence-electron chi connectivity index (χ4n) is 3.09. The number of benzene rings is 1. The number of unbranched alkanes of at least 4 members (excludes halogenated alkanes) is 9. The minimum Gasteiger partial charge on any atom is -0.504 e. The maximum Gasteiger partial charge on any atom is 0.337 e. The third-order valence-corrected chi connectivity index (χ3v) is 5.16. The largest absolute Gasteiger partial charge is 0.504 e. The van der Waals surface area contributed by atoms with Crippen molar-refractivity contribution >= 4 is 12.3 Å². The van der Waals surface area contributed by atoms with Crippen molar-refractivity contribution in [1.29, 1.82) is 0 Å². The molecule has 1 aromatic carbocycles. The number of aldehydes is 1. The van der Waals surface area contributed by atoms with Gasteiger partial charge in [0.05, 0.1) is 18.8 Å². The molecule has 0 heterocycles. The number of phenolic OH excluding ortho intramolecular Hbond substituents is 2. The minimum absolute atomic E-state index is 0.0370. The first-order chi connectivity index (χ1) is 17.8. The van der Waals surface area contributed by atoms with Crippen LogP contribution in [0, 0.1) is 0 Å². The Morgan fingerprint density at radius 2 is 1.41 bits per heavy atom. The van der Waals surface area contributed by atoms with Gasteiger partial charge in [0.15, 0.2) is 30.2 Å². The Kier molecular flexibility index (Phi) is 26.8. The molecule has 0 bridgehead atoms. The van der Waals surface area contributed by atoms with Gasteiger partial charge in [-0.2, -0.15) is 0 Å². The maximum absolute atomic E-state index is 11.0. The highest BCUT2D eigenvalue weighted by Crippen LogP contribution is 2.26. The predicted molar refractivity (Wildman–Crippen MR) is 144 cm³/mol. The predicted octanol–water partition coefficient (Wildman–Crippen LogP) is 5.12. The van der Waals surface area contributed by atoms with Crippen molar-refractivity contribution in [3.63, 3.8) is 0 Å². The number of para-hydroxylation sites is 1. The zero-order chi connectivity index (χ0) is 28.3. The van der Waals surface area contributed by atoms with Gasteiger partial charge in [0.2, 0.25) is 0 Å². The summed E-state index contributed by atoms with van der Waals surface area (Å²) < 4.78 is 14.9. The molecule has 9 nitrogen and oxygen atoms in total. The summed E-state index contributed by atoms with van der Waals surface area (Å²) in [6.07, 6.45) is 11.4. The normalized spacial score (nSPS) is 11.1. The quantitative estimate of drug-likeness (QED) is 0.0668. The van der Waals surface area contributed by atoms with Crippen molar-refractivity contribution in [2.24, 2.45) is 0 Å². The van der Waals surface area contributed by atoms with Crippen molar-refractivity contribution in [3.8, 4) is 11.5 Å². The molecule has 0 amide bonds. The van der Waals surface area contributed by atoms with E-state index in [0.717, 1.165) is 26.1 Å². The van der Waals surface area contributed by atoms with E-state index in [-0.39, 0.29) is 23.4 Å². The van der Waals surface area contributed by atoms with Gasteiger partial charge in [0, 0.05) is 13.2 Å². The van der Waals surface area contributed by atoms with Gasteiger partial charge in [-0.25, -0.2) is 4.79 Å². The van der Waals surface area contributed by atoms with Gasteiger partial charge >= 0.3 is 5.97 Å². The third-order valence-electron chi connectivity index (χ3n) is 5.16. The molecule has 1 unspecified atom stereocenters. The fraction of sp³-hybridized carbons (Fsp3) is 0.714. The summed E-state index contributed by atoms with van der Waals surface area (Å²) in [6.45, 7) is 9.25. The second-order valence-electron chi connectivity index (χ2n) is 8.36. The number of aliphatic hydroxyl groups is 2. The summed E-state index contributed by atoms with van der Waals surface area (Å²) in [7, 11) is 0. The van der Waals surface area contributed by atoms with E-state index in [9.17, 15) is 9.59 Å². The topological polar surface area (TPSA) is 143 Å². The Morgan fingerprint density at radius 3 is 1.84 bits per heavy atom. The Balaban J connectivity index is 0. The molecule has 0 aromatic heterocycles. The fourth-order valence-corrected chi connectivity index (χ4v) is 3.09. The number of carbonyl (C=O) groups excluding carboxylic acids is 2. The summed E-state index contributed by atoms with van der Waals surface area (Å²) in [5.41, 5.74) is 0.0972. The van der Waals surface area contributed by atoms with E-state index >= 15 is 0 Å². The molecule has 4 N–H and O–H groups in total. The average molecular weight is 531 g/mol. The van der Waals surface area contributed by atoms with Crippen LogP contribution in [-0.4, -0.2) is 71.5 Å². The molecule has 0 spiro atoms. The number of hydrogen-bond acceptors (Lipinski definition) is 9. The second kappa shape index (κ2) is 26.9. The highest BCUT2D eigenvalue weighted by atomic mass is 16.7. The zero-order valence-corrected chi connectivity index (χ0v) is 23.2. The molecule has 0 radical (unpaired) electrons. The average Bonchev–Trinajstić information content (AvgIpc) is 2.89. The molecule has 216 valence electrons. The standard InChI is InChI=1S/C15H30O4.C7H6O3.C6H14O2/c1-2-3-4-5-6-7-8-9-10-11-12-19-15(18)14(17)13-16;8-4-5-2-1-3-6(9)7(5)10;1-4-7-6(3)8-5-2/h14,16-17H,2-13H2,1H3;1-4,9-10H;6H,4-5H2,1-3H3. The maximum atomic E-state index is 11.0. The summed E-state index contributed by atoms with van der Waals surface area (Å²) >= 11 is 0. The molecule has 0 aliphatic heterocycles. The van der Waals surface area contributed by atoms with Gasteiger partial charge in [-0.1, -0.05) is 70.8 Å². The monoisotopic (exact) mass is 530 g/mol. The molecule has 9 heteroatoms. The molecule has 37 heavy (non-hydrogen) atoms. The van der Waals surface area contributed by atoms with E-state index in [1.807, 2.05) is 20.8 Å². The Morgan fingerprint density at radius 1 is 0.892 bits per heavy atom. The van der Waals surface area contributed by atoms with Gasteiger partial charge in [-0.3, -0.25) is 4.79 Å². The number of hydrogen-bond donors (Lipinski definition) is 4. The molecule has 0 aliphatic rings.